The van der Waals surface area contributed by atoms with Crippen LogP contribution in [0.15, 0.2) is 48.5 Å². The first-order valence-corrected chi connectivity index (χ1v) is 8.20. The summed E-state index contributed by atoms with van der Waals surface area (Å²) in [5, 5.41) is 1.90. The van der Waals surface area contributed by atoms with E-state index >= 15 is 0 Å². The second-order valence-electron chi connectivity index (χ2n) is 5.41. The third-order valence-electron chi connectivity index (χ3n) is 3.75. The molecule has 0 saturated heterocycles. The zero-order valence-electron chi connectivity index (χ0n) is 13.3. The maximum Gasteiger partial charge on any atom is 0.374 e. The number of ketones is 1. The fourth-order valence-electron chi connectivity index (χ4n) is 2.54. The van der Waals surface area contributed by atoms with E-state index in [0.717, 1.165) is 10.9 Å². The van der Waals surface area contributed by atoms with Crippen molar-refractivity contribution in [3.63, 3.8) is 0 Å². The van der Waals surface area contributed by atoms with Crippen LogP contribution in [-0.4, -0.2) is 23.8 Å². The van der Waals surface area contributed by atoms with Gasteiger partial charge in [-0.15, -0.1) is 0 Å². The summed E-state index contributed by atoms with van der Waals surface area (Å²) in [5.74, 6) is -1.43. The lowest BCUT2D eigenvalue weighted by Crippen LogP contribution is -2.17. The Labute approximate surface area is 154 Å². The van der Waals surface area contributed by atoms with Gasteiger partial charge < -0.3 is 4.74 Å². The zero-order valence-corrected chi connectivity index (χ0v) is 14.8. The van der Waals surface area contributed by atoms with E-state index in [4.69, 9.17) is 23.2 Å². The van der Waals surface area contributed by atoms with Crippen LogP contribution in [0.4, 0.5) is 0 Å². The molecule has 3 rings (SSSR count). The molecule has 0 bridgehead atoms. The molecule has 0 fully saturated rings. The molecule has 0 aliphatic carbocycles. The van der Waals surface area contributed by atoms with Crippen LogP contribution in [0.2, 0.25) is 10.0 Å². The quantitative estimate of drug-likeness (QED) is 0.499. The first-order valence-electron chi connectivity index (χ1n) is 7.45. The molecule has 6 heteroatoms. The molecule has 126 valence electrons. The largest absolute Gasteiger partial charge is 0.463 e. The van der Waals surface area contributed by atoms with Gasteiger partial charge in [0.2, 0.25) is 5.78 Å². The lowest BCUT2D eigenvalue weighted by Gasteiger charge is -2.08. The maximum absolute atomic E-state index is 11.7. The minimum Gasteiger partial charge on any atom is -0.463 e. The van der Waals surface area contributed by atoms with Gasteiger partial charge in [0.05, 0.1) is 28.4 Å². The first-order chi connectivity index (χ1) is 12.0. The maximum atomic E-state index is 11.7. The van der Waals surface area contributed by atoms with Crippen molar-refractivity contribution in [2.75, 3.05) is 7.11 Å². The molecule has 0 unspecified atom stereocenters. The standard InChI is InChI=1S/C19H13Cl2NO3/c1-25-19(24)17(23)10-11-5-7-15-12(9-11)6-8-16(22-15)18-13(20)3-2-4-14(18)21/h2-9H,10H2,1H3. The highest BCUT2D eigenvalue weighted by Crippen LogP contribution is 2.34. The highest BCUT2D eigenvalue weighted by molar-refractivity contribution is 6.39. The number of Topliss-reactive ketones (excluding diaryl/α,β-unsaturated/α-hetero) is 1. The number of benzene rings is 2. The summed E-state index contributed by atoms with van der Waals surface area (Å²) < 4.78 is 4.43. The number of halogens is 2. The van der Waals surface area contributed by atoms with Crippen molar-refractivity contribution in [1.29, 1.82) is 0 Å². The third kappa shape index (κ3) is 3.65. The second-order valence-corrected chi connectivity index (χ2v) is 6.23. The molecule has 0 spiro atoms. The highest BCUT2D eigenvalue weighted by Gasteiger charge is 2.15. The molecular formula is C19H13Cl2NO3. The van der Waals surface area contributed by atoms with E-state index in [0.29, 0.717) is 26.9 Å². The van der Waals surface area contributed by atoms with Gasteiger partial charge in [-0.3, -0.25) is 4.79 Å². The third-order valence-corrected chi connectivity index (χ3v) is 4.38. The molecule has 1 aromatic heterocycles. The average molecular weight is 374 g/mol. The first kappa shape index (κ1) is 17.4. The Morgan fingerprint density at radius 1 is 1.04 bits per heavy atom. The topological polar surface area (TPSA) is 56.3 Å². The van der Waals surface area contributed by atoms with E-state index in [1.165, 1.54) is 7.11 Å². The number of aromatic nitrogens is 1. The molecule has 4 nitrogen and oxygen atoms in total. The molecule has 0 aliphatic heterocycles. The van der Waals surface area contributed by atoms with E-state index < -0.39 is 11.8 Å². The summed E-state index contributed by atoms with van der Waals surface area (Å²) in [7, 11) is 1.19. The second kappa shape index (κ2) is 7.21. The van der Waals surface area contributed by atoms with Crippen molar-refractivity contribution in [3.05, 3.63) is 64.1 Å². The van der Waals surface area contributed by atoms with Gasteiger partial charge in [-0.25, -0.2) is 9.78 Å². The Morgan fingerprint density at radius 3 is 2.44 bits per heavy atom. The van der Waals surface area contributed by atoms with Crippen molar-refractivity contribution in [1.82, 2.24) is 4.98 Å². The van der Waals surface area contributed by atoms with Crippen LogP contribution in [0, 0.1) is 0 Å². The fourth-order valence-corrected chi connectivity index (χ4v) is 3.13. The van der Waals surface area contributed by atoms with Gasteiger partial charge in [0, 0.05) is 17.4 Å². The number of hydrogen-bond acceptors (Lipinski definition) is 4. The van der Waals surface area contributed by atoms with Gasteiger partial charge in [0.25, 0.3) is 0 Å². The Bertz CT molecular complexity index is 965. The minimum atomic E-state index is -0.845. The van der Waals surface area contributed by atoms with Gasteiger partial charge in [-0.1, -0.05) is 41.4 Å². The van der Waals surface area contributed by atoms with Crippen LogP contribution in [0.25, 0.3) is 22.2 Å². The van der Waals surface area contributed by atoms with Gasteiger partial charge in [0.15, 0.2) is 0 Å². The Kier molecular flexibility index (Phi) is 5.02. The summed E-state index contributed by atoms with van der Waals surface area (Å²) in [6, 6.07) is 14.4. The van der Waals surface area contributed by atoms with E-state index in [-0.39, 0.29) is 6.42 Å². The zero-order chi connectivity index (χ0) is 18.0. The van der Waals surface area contributed by atoms with Crippen molar-refractivity contribution in [3.8, 4) is 11.3 Å². The number of pyridine rings is 1. The lowest BCUT2D eigenvalue weighted by atomic mass is 10.0. The summed E-state index contributed by atoms with van der Waals surface area (Å²) in [4.78, 5) is 27.5. The number of esters is 1. The van der Waals surface area contributed by atoms with Crippen LogP contribution in [0.1, 0.15) is 5.56 Å². The van der Waals surface area contributed by atoms with Crippen molar-refractivity contribution in [2.24, 2.45) is 0 Å². The molecule has 0 radical (unpaired) electrons. The number of hydrogen-bond donors (Lipinski definition) is 0. The summed E-state index contributed by atoms with van der Waals surface area (Å²) in [6.45, 7) is 0. The average Bonchev–Trinajstić information content (AvgIpc) is 2.60. The van der Waals surface area contributed by atoms with Gasteiger partial charge in [0.1, 0.15) is 0 Å². The number of carbonyl (C=O) groups is 2. The number of ether oxygens (including phenoxy) is 1. The predicted octanol–water partition coefficient (Wildman–Crippen LogP) is 4.49. The molecule has 25 heavy (non-hydrogen) atoms. The Hall–Kier alpha value is -2.43. The number of fused-ring (bicyclic) bond motifs is 1. The van der Waals surface area contributed by atoms with Crippen molar-refractivity contribution in [2.45, 2.75) is 6.42 Å². The smallest absolute Gasteiger partial charge is 0.374 e. The molecule has 2 aromatic carbocycles. The number of carbonyl (C=O) groups excluding carboxylic acids is 2. The normalized spacial score (nSPS) is 10.7. The van der Waals surface area contributed by atoms with E-state index in [1.807, 2.05) is 18.2 Å². The molecule has 1 heterocycles. The monoisotopic (exact) mass is 373 g/mol. The van der Waals surface area contributed by atoms with Gasteiger partial charge in [-0.2, -0.15) is 0 Å². The van der Waals surface area contributed by atoms with Crippen LogP contribution in [0.3, 0.4) is 0 Å². The summed E-state index contributed by atoms with van der Waals surface area (Å²) >= 11 is 12.5. The molecule has 3 aromatic rings. The van der Waals surface area contributed by atoms with Gasteiger partial charge >= 0.3 is 5.97 Å². The van der Waals surface area contributed by atoms with Crippen LogP contribution < -0.4 is 0 Å². The highest BCUT2D eigenvalue weighted by atomic mass is 35.5. The number of rotatable bonds is 4. The van der Waals surface area contributed by atoms with Crippen LogP contribution >= 0.6 is 23.2 Å². The number of nitrogens with zero attached hydrogens (tertiary/aromatic N) is 1. The van der Waals surface area contributed by atoms with E-state index in [9.17, 15) is 9.59 Å². The van der Waals surface area contributed by atoms with Crippen LogP contribution in [-0.2, 0) is 20.7 Å². The predicted molar refractivity (Wildman–Crippen MR) is 97.9 cm³/mol. The molecular weight excluding hydrogens is 361 g/mol. The molecule has 0 amide bonds. The fraction of sp³-hybridized carbons (Fsp3) is 0.105. The van der Waals surface area contributed by atoms with E-state index in [1.54, 1.807) is 30.3 Å². The van der Waals surface area contributed by atoms with E-state index in [2.05, 4.69) is 9.72 Å². The van der Waals surface area contributed by atoms with Crippen LogP contribution in [0.5, 0.6) is 0 Å². The molecule has 0 aliphatic rings. The minimum absolute atomic E-state index is 0.0132. The Morgan fingerprint density at radius 2 is 1.76 bits per heavy atom. The molecule has 0 saturated carbocycles. The van der Waals surface area contributed by atoms with Crippen molar-refractivity contribution < 1.29 is 14.3 Å². The van der Waals surface area contributed by atoms with Crippen molar-refractivity contribution >= 4 is 45.9 Å². The van der Waals surface area contributed by atoms with Gasteiger partial charge in [-0.05, 0) is 35.9 Å². The molecule has 0 atom stereocenters. The summed E-state index contributed by atoms with van der Waals surface area (Å²) in [6.07, 6.45) is -0.0132. The molecule has 0 N–H and O–H groups in total. The number of methoxy groups -OCH3 is 1. The lowest BCUT2D eigenvalue weighted by molar-refractivity contribution is -0.151. The summed E-state index contributed by atoms with van der Waals surface area (Å²) in [5.41, 5.74) is 2.80. The SMILES string of the molecule is COC(=O)C(=O)Cc1ccc2nc(-c3c(Cl)cccc3Cl)ccc2c1. The Balaban J connectivity index is 1.97.